The molecule has 0 saturated carbocycles. The third-order valence-corrected chi connectivity index (χ3v) is 5.58. The summed E-state index contributed by atoms with van der Waals surface area (Å²) in [6.07, 6.45) is 8.13. The summed E-state index contributed by atoms with van der Waals surface area (Å²) in [4.78, 5) is 2.63. The van der Waals surface area contributed by atoms with Gasteiger partial charge in [0.1, 0.15) is 5.75 Å². The molecular weight excluding hydrogens is 310 g/mol. The van der Waals surface area contributed by atoms with Gasteiger partial charge in [-0.2, -0.15) is 5.10 Å². The van der Waals surface area contributed by atoms with E-state index < -0.39 is 0 Å². The van der Waals surface area contributed by atoms with Crippen LogP contribution in [0.5, 0.6) is 5.75 Å². The lowest BCUT2D eigenvalue weighted by atomic mass is 9.83. The summed E-state index contributed by atoms with van der Waals surface area (Å²) in [6.45, 7) is 3.51. The molecule has 4 nitrogen and oxygen atoms in total. The zero-order valence-corrected chi connectivity index (χ0v) is 14.2. The van der Waals surface area contributed by atoms with E-state index in [0.29, 0.717) is 16.8 Å². The molecule has 3 aliphatic heterocycles. The minimum atomic E-state index is 0.633. The van der Waals surface area contributed by atoms with E-state index in [9.17, 15) is 0 Å². The van der Waals surface area contributed by atoms with Gasteiger partial charge in [-0.15, -0.1) is 0 Å². The van der Waals surface area contributed by atoms with Crippen LogP contribution in [0.25, 0.3) is 11.1 Å². The average Bonchev–Trinajstić information content (AvgIpc) is 3.04. The number of ether oxygens (including phenoxy) is 1. The quantitative estimate of drug-likeness (QED) is 0.855. The standard InChI is InChI=1S/C18H22ClN3O/c1-23-18-3-2-14(9-17(18)19)15-10-20-22(11-15)12-16-8-13-4-6-21(16)7-5-13/h2-3,9-11,13,16H,4-8,12H2,1H3. The number of halogens is 1. The largest absolute Gasteiger partial charge is 0.495 e. The van der Waals surface area contributed by atoms with Gasteiger partial charge in [0.2, 0.25) is 0 Å². The van der Waals surface area contributed by atoms with Gasteiger partial charge in [0, 0.05) is 17.8 Å². The Kier molecular flexibility index (Phi) is 4.04. The minimum Gasteiger partial charge on any atom is -0.495 e. The van der Waals surface area contributed by atoms with Gasteiger partial charge in [-0.05, 0) is 56.0 Å². The van der Waals surface area contributed by atoms with Gasteiger partial charge in [0.05, 0.1) is 24.9 Å². The van der Waals surface area contributed by atoms with E-state index in [4.69, 9.17) is 16.3 Å². The highest BCUT2D eigenvalue weighted by atomic mass is 35.5. The molecule has 4 heterocycles. The van der Waals surface area contributed by atoms with Crippen LogP contribution in [-0.2, 0) is 6.54 Å². The number of aromatic nitrogens is 2. The van der Waals surface area contributed by atoms with E-state index in [2.05, 4.69) is 20.9 Å². The van der Waals surface area contributed by atoms with Crippen molar-refractivity contribution in [1.29, 1.82) is 0 Å². The zero-order chi connectivity index (χ0) is 15.8. The van der Waals surface area contributed by atoms with Crippen molar-refractivity contribution in [3.63, 3.8) is 0 Å². The van der Waals surface area contributed by atoms with Gasteiger partial charge >= 0.3 is 0 Å². The van der Waals surface area contributed by atoms with E-state index >= 15 is 0 Å². The average molecular weight is 332 g/mol. The van der Waals surface area contributed by atoms with Crippen LogP contribution in [0.3, 0.4) is 0 Å². The Morgan fingerprint density at radius 3 is 2.74 bits per heavy atom. The number of methoxy groups -OCH3 is 1. The summed E-state index contributed by atoms with van der Waals surface area (Å²) in [5.41, 5.74) is 2.18. The number of piperidine rings is 3. The van der Waals surface area contributed by atoms with Crippen molar-refractivity contribution >= 4 is 11.6 Å². The van der Waals surface area contributed by atoms with Crippen molar-refractivity contribution in [2.45, 2.75) is 31.8 Å². The molecule has 5 rings (SSSR count). The van der Waals surface area contributed by atoms with Crippen LogP contribution in [0.1, 0.15) is 19.3 Å². The summed E-state index contributed by atoms with van der Waals surface area (Å²) >= 11 is 6.23. The molecule has 3 saturated heterocycles. The van der Waals surface area contributed by atoms with Gasteiger partial charge < -0.3 is 4.74 Å². The first-order valence-electron chi connectivity index (χ1n) is 8.33. The third-order valence-electron chi connectivity index (χ3n) is 5.29. The van der Waals surface area contributed by atoms with Crippen molar-refractivity contribution < 1.29 is 4.74 Å². The number of fused-ring (bicyclic) bond motifs is 3. The molecule has 1 aromatic heterocycles. The summed E-state index contributed by atoms with van der Waals surface area (Å²) in [5.74, 6) is 1.63. The molecule has 2 bridgehead atoms. The molecule has 2 aromatic rings. The number of hydrogen-bond donors (Lipinski definition) is 0. The molecule has 122 valence electrons. The first kappa shape index (κ1) is 15.0. The van der Waals surface area contributed by atoms with Crippen LogP contribution in [0, 0.1) is 5.92 Å². The maximum atomic E-state index is 6.23. The fourth-order valence-electron chi connectivity index (χ4n) is 3.95. The SMILES string of the molecule is COc1ccc(-c2cnn(CC3CC4CCN3CC4)c2)cc1Cl. The van der Waals surface area contributed by atoms with Crippen LogP contribution in [-0.4, -0.2) is 40.9 Å². The Bertz CT molecular complexity index is 691. The van der Waals surface area contributed by atoms with E-state index in [1.165, 1.54) is 32.4 Å². The van der Waals surface area contributed by atoms with E-state index in [1.807, 2.05) is 24.4 Å². The molecule has 5 heteroatoms. The Hall–Kier alpha value is -1.52. The Balaban J connectivity index is 1.49. The van der Waals surface area contributed by atoms with Gasteiger partial charge in [0.25, 0.3) is 0 Å². The van der Waals surface area contributed by atoms with Crippen molar-refractivity contribution in [3.8, 4) is 16.9 Å². The highest BCUT2D eigenvalue weighted by molar-refractivity contribution is 6.32. The maximum Gasteiger partial charge on any atom is 0.137 e. The predicted octanol–water partition coefficient (Wildman–Crippen LogP) is 3.70. The normalized spacial score (nSPS) is 26.4. The lowest BCUT2D eigenvalue weighted by Crippen LogP contribution is -2.50. The first-order valence-corrected chi connectivity index (χ1v) is 8.71. The second-order valence-electron chi connectivity index (χ2n) is 6.67. The molecule has 23 heavy (non-hydrogen) atoms. The molecule has 0 spiro atoms. The molecule has 0 amide bonds. The fourth-order valence-corrected chi connectivity index (χ4v) is 4.21. The number of hydrogen-bond acceptors (Lipinski definition) is 3. The van der Waals surface area contributed by atoms with Crippen LogP contribution < -0.4 is 4.74 Å². The molecule has 1 atom stereocenters. The highest BCUT2D eigenvalue weighted by Gasteiger charge is 2.33. The Morgan fingerprint density at radius 2 is 2.09 bits per heavy atom. The number of nitrogens with zero attached hydrogens (tertiary/aromatic N) is 3. The molecule has 1 unspecified atom stereocenters. The van der Waals surface area contributed by atoms with Crippen molar-refractivity contribution in [2.24, 2.45) is 5.92 Å². The molecule has 0 aliphatic carbocycles. The summed E-state index contributed by atoms with van der Waals surface area (Å²) in [6, 6.07) is 6.52. The van der Waals surface area contributed by atoms with E-state index in [0.717, 1.165) is 23.6 Å². The molecule has 3 aliphatic rings. The third kappa shape index (κ3) is 2.98. The topological polar surface area (TPSA) is 30.3 Å². The van der Waals surface area contributed by atoms with E-state index in [-0.39, 0.29) is 0 Å². The number of benzene rings is 1. The lowest BCUT2D eigenvalue weighted by molar-refractivity contribution is 0.0388. The van der Waals surface area contributed by atoms with Crippen LogP contribution in [0.4, 0.5) is 0 Å². The van der Waals surface area contributed by atoms with Gasteiger partial charge in [-0.3, -0.25) is 9.58 Å². The molecule has 3 fully saturated rings. The maximum absolute atomic E-state index is 6.23. The monoisotopic (exact) mass is 331 g/mol. The van der Waals surface area contributed by atoms with Crippen molar-refractivity contribution in [2.75, 3.05) is 20.2 Å². The van der Waals surface area contributed by atoms with Crippen LogP contribution in [0.15, 0.2) is 30.6 Å². The molecular formula is C18H22ClN3O. The summed E-state index contributed by atoms with van der Waals surface area (Å²) in [5, 5.41) is 5.19. The second kappa shape index (κ2) is 6.17. The van der Waals surface area contributed by atoms with E-state index in [1.54, 1.807) is 7.11 Å². The molecule has 0 N–H and O–H groups in total. The summed E-state index contributed by atoms with van der Waals surface area (Å²) < 4.78 is 7.29. The van der Waals surface area contributed by atoms with Gasteiger partial charge in [-0.1, -0.05) is 17.7 Å². The fraction of sp³-hybridized carbons (Fsp3) is 0.500. The lowest BCUT2D eigenvalue weighted by Gasteiger charge is -2.45. The second-order valence-corrected chi connectivity index (χ2v) is 7.08. The summed E-state index contributed by atoms with van der Waals surface area (Å²) in [7, 11) is 1.63. The van der Waals surface area contributed by atoms with Crippen molar-refractivity contribution in [3.05, 3.63) is 35.6 Å². The number of rotatable bonds is 4. The Morgan fingerprint density at radius 1 is 1.26 bits per heavy atom. The van der Waals surface area contributed by atoms with Crippen LogP contribution >= 0.6 is 11.6 Å². The Labute approximate surface area is 142 Å². The highest BCUT2D eigenvalue weighted by Crippen LogP contribution is 2.33. The van der Waals surface area contributed by atoms with Gasteiger partial charge in [0.15, 0.2) is 0 Å². The smallest absolute Gasteiger partial charge is 0.137 e. The first-order chi connectivity index (χ1) is 11.2. The molecule has 0 radical (unpaired) electrons. The van der Waals surface area contributed by atoms with Gasteiger partial charge in [-0.25, -0.2) is 0 Å². The minimum absolute atomic E-state index is 0.633. The zero-order valence-electron chi connectivity index (χ0n) is 13.4. The molecule has 1 aromatic carbocycles. The van der Waals surface area contributed by atoms with Crippen molar-refractivity contribution in [1.82, 2.24) is 14.7 Å². The predicted molar refractivity (Wildman–Crippen MR) is 91.9 cm³/mol. The van der Waals surface area contributed by atoms with Crippen LogP contribution in [0.2, 0.25) is 5.02 Å².